The Morgan fingerprint density at radius 1 is 0.926 bits per heavy atom. The van der Waals surface area contributed by atoms with Crippen LogP contribution in [-0.4, -0.2) is 24.5 Å². The third kappa shape index (κ3) is 4.32. The Hall–Kier alpha value is -4.06. The van der Waals surface area contributed by atoms with Gasteiger partial charge >= 0.3 is 0 Å². The van der Waals surface area contributed by atoms with E-state index in [1.54, 1.807) is 18.2 Å². The maximum absolute atomic E-state index is 12.1. The molecule has 136 valence electrons. The number of benzene rings is 2. The molecule has 3 amide bonds. The van der Waals surface area contributed by atoms with Crippen molar-refractivity contribution in [1.82, 2.24) is 10.9 Å². The minimum Gasteiger partial charge on any atom is -0.454 e. The highest BCUT2D eigenvalue weighted by Crippen LogP contribution is 2.32. The Kier molecular flexibility index (Phi) is 5.18. The van der Waals surface area contributed by atoms with Crippen LogP contribution in [0.4, 0.5) is 5.69 Å². The molecule has 3 rings (SSSR count). The third-order valence-electron chi connectivity index (χ3n) is 3.59. The van der Waals surface area contributed by atoms with Gasteiger partial charge in [0.15, 0.2) is 11.5 Å². The fraction of sp³-hybridized carbons (Fsp3) is 0.111. The lowest BCUT2D eigenvalue weighted by Gasteiger charge is -2.09. The number of fused-ring (bicyclic) bond motifs is 1. The summed E-state index contributed by atoms with van der Waals surface area (Å²) in [5.74, 6) is -0.465. The summed E-state index contributed by atoms with van der Waals surface area (Å²) in [5.41, 5.74) is 5.65. The van der Waals surface area contributed by atoms with Crippen molar-refractivity contribution in [2.75, 3.05) is 12.1 Å². The van der Waals surface area contributed by atoms with Gasteiger partial charge in [-0.05, 0) is 42.5 Å². The van der Waals surface area contributed by atoms with E-state index in [0.29, 0.717) is 22.7 Å². The van der Waals surface area contributed by atoms with Gasteiger partial charge in [0, 0.05) is 16.8 Å². The summed E-state index contributed by atoms with van der Waals surface area (Å²) in [6.07, 6.45) is -0.256. The first-order valence-electron chi connectivity index (χ1n) is 7.84. The van der Waals surface area contributed by atoms with E-state index < -0.39 is 17.7 Å². The van der Waals surface area contributed by atoms with Crippen LogP contribution in [0.1, 0.15) is 27.1 Å². The Balaban J connectivity index is 1.55. The van der Waals surface area contributed by atoms with Crippen LogP contribution in [0.25, 0.3) is 0 Å². The van der Waals surface area contributed by atoms with Crippen molar-refractivity contribution in [1.29, 1.82) is 5.26 Å². The van der Waals surface area contributed by atoms with E-state index in [9.17, 15) is 14.4 Å². The molecule has 1 aliphatic rings. The number of nitriles is 1. The highest BCUT2D eigenvalue weighted by molar-refractivity contribution is 6.00. The van der Waals surface area contributed by atoms with Gasteiger partial charge in [0.2, 0.25) is 12.7 Å². The number of hydrazine groups is 1. The normalized spacial score (nSPS) is 11.2. The van der Waals surface area contributed by atoms with Crippen LogP contribution in [0.5, 0.6) is 11.5 Å². The molecule has 2 aromatic carbocycles. The molecule has 0 bridgehead atoms. The van der Waals surface area contributed by atoms with Crippen molar-refractivity contribution in [3.63, 3.8) is 0 Å². The van der Waals surface area contributed by atoms with Gasteiger partial charge < -0.3 is 14.8 Å². The topological polar surface area (TPSA) is 130 Å². The molecule has 0 saturated heterocycles. The molecule has 0 spiro atoms. The largest absolute Gasteiger partial charge is 0.454 e. The van der Waals surface area contributed by atoms with Gasteiger partial charge in [-0.25, -0.2) is 0 Å². The first kappa shape index (κ1) is 17.8. The highest BCUT2D eigenvalue weighted by Gasteiger charge is 2.16. The number of nitrogens with zero attached hydrogens (tertiary/aromatic N) is 1. The summed E-state index contributed by atoms with van der Waals surface area (Å²) in [7, 11) is 0. The van der Waals surface area contributed by atoms with Crippen LogP contribution in [0.15, 0.2) is 42.5 Å². The van der Waals surface area contributed by atoms with Crippen molar-refractivity contribution in [2.45, 2.75) is 6.42 Å². The molecule has 1 heterocycles. The van der Waals surface area contributed by atoms with Gasteiger partial charge in [-0.2, -0.15) is 5.26 Å². The number of hydrogen-bond donors (Lipinski definition) is 3. The van der Waals surface area contributed by atoms with E-state index in [1.165, 1.54) is 30.3 Å². The van der Waals surface area contributed by atoms with Crippen LogP contribution in [0, 0.1) is 11.3 Å². The lowest BCUT2D eigenvalue weighted by Crippen LogP contribution is -2.41. The fourth-order valence-electron chi connectivity index (χ4n) is 2.28. The van der Waals surface area contributed by atoms with Crippen LogP contribution >= 0.6 is 0 Å². The number of amides is 3. The van der Waals surface area contributed by atoms with E-state index >= 15 is 0 Å². The minimum atomic E-state index is -0.529. The van der Waals surface area contributed by atoms with Crippen molar-refractivity contribution in [3.8, 4) is 17.6 Å². The van der Waals surface area contributed by atoms with Gasteiger partial charge in [0.1, 0.15) is 6.42 Å². The minimum absolute atomic E-state index is 0.101. The van der Waals surface area contributed by atoms with E-state index in [2.05, 4.69) is 16.2 Å². The van der Waals surface area contributed by atoms with Crippen molar-refractivity contribution < 1.29 is 23.9 Å². The number of ether oxygens (including phenoxy) is 2. The van der Waals surface area contributed by atoms with Gasteiger partial charge in [0.05, 0.1) is 6.07 Å². The lowest BCUT2D eigenvalue weighted by molar-refractivity contribution is -0.115. The summed E-state index contributed by atoms with van der Waals surface area (Å²) in [6.45, 7) is 0.101. The molecule has 0 aliphatic carbocycles. The lowest BCUT2D eigenvalue weighted by atomic mass is 10.2. The highest BCUT2D eigenvalue weighted by atomic mass is 16.7. The van der Waals surface area contributed by atoms with Crippen LogP contribution in [0.2, 0.25) is 0 Å². The molecule has 0 atom stereocenters. The van der Waals surface area contributed by atoms with Crippen LogP contribution < -0.4 is 25.6 Å². The zero-order valence-electron chi connectivity index (χ0n) is 13.9. The van der Waals surface area contributed by atoms with Crippen molar-refractivity contribution >= 4 is 23.4 Å². The summed E-state index contributed by atoms with van der Waals surface area (Å²) in [5, 5.41) is 11.0. The number of rotatable bonds is 4. The first-order valence-corrected chi connectivity index (χ1v) is 7.84. The number of hydrogen-bond acceptors (Lipinski definition) is 6. The van der Waals surface area contributed by atoms with E-state index in [1.807, 2.05) is 0 Å². The predicted molar refractivity (Wildman–Crippen MR) is 92.8 cm³/mol. The summed E-state index contributed by atoms with van der Waals surface area (Å²) >= 11 is 0. The van der Waals surface area contributed by atoms with E-state index in [4.69, 9.17) is 14.7 Å². The Morgan fingerprint density at radius 2 is 1.56 bits per heavy atom. The summed E-state index contributed by atoms with van der Waals surface area (Å²) in [6, 6.07) is 12.4. The SMILES string of the molecule is N#CCC(=O)Nc1ccc(C(=O)NNC(=O)c2ccc3c(c2)OCO3)cc1. The smallest absolute Gasteiger partial charge is 0.269 e. The quantitative estimate of drug-likeness (QED) is 0.700. The fourth-order valence-corrected chi connectivity index (χ4v) is 2.28. The molecule has 0 radical (unpaired) electrons. The van der Waals surface area contributed by atoms with Gasteiger partial charge in [-0.1, -0.05) is 0 Å². The molecule has 0 aromatic heterocycles. The average Bonchev–Trinajstić information content (AvgIpc) is 3.14. The molecule has 1 aliphatic heterocycles. The van der Waals surface area contributed by atoms with Crippen molar-refractivity contribution in [2.24, 2.45) is 0 Å². The maximum Gasteiger partial charge on any atom is 0.269 e. The molecule has 3 N–H and O–H groups in total. The molecular weight excluding hydrogens is 352 g/mol. The predicted octanol–water partition coefficient (Wildman–Crippen LogP) is 1.34. The Labute approximate surface area is 153 Å². The average molecular weight is 366 g/mol. The Morgan fingerprint density at radius 3 is 2.26 bits per heavy atom. The second-order valence-corrected chi connectivity index (χ2v) is 5.44. The zero-order valence-corrected chi connectivity index (χ0v) is 13.9. The first-order chi connectivity index (χ1) is 13.1. The number of carbonyl (C=O) groups is 3. The van der Waals surface area contributed by atoms with Gasteiger partial charge in [0.25, 0.3) is 11.8 Å². The monoisotopic (exact) mass is 366 g/mol. The van der Waals surface area contributed by atoms with E-state index in [-0.39, 0.29) is 18.8 Å². The molecule has 2 aromatic rings. The number of anilines is 1. The number of nitrogens with one attached hydrogen (secondary N) is 3. The maximum atomic E-state index is 12.1. The van der Waals surface area contributed by atoms with Gasteiger partial charge in [-0.15, -0.1) is 0 Å². The second-order valence-electron chi connectivity index (χ2n) is 5.44. The Bertz CT molecular complexity index is 934. The van der Waals surface area contributed by atoms with E-state index in [0.717, 1.165) is 0 Å². The molecule has 0 fully saturated rings. The molecule has 0 unspecified atom stereocenters. The third-order valence-corrected chi connectivity index (χ3v) is 3.59. The molecule has 0 saturated carbocycles. The van der Waals surface area contributed by atoms with Crippen molar-refractivity contribution in [3.05, 3.63) is 53.6 Å². The molecule has 9 nitrogen and oxygen atoms in total. The van der Waals surface area contributed by atoms with Gasteiger partial charge in [-0.3, -0.25) is 25.2 Å². The zero-order chi connectivity index (χ0) is 19.2. The summed E-state index contributed by atoms with van der Waals surface area (Å²) < 4.78 is 10.4. The number of carbonyl (C=O) groups excluding carboxylic acids is 3. The molecular formula is C18H14N4O5. The van der Waals surface area contributed by atoms with Crippen LogP contribution in [-0.2, 0) is 4.79 Å². The summed E-state index contributed by atoms with van der Waals surface area (Å²) in [4.78, 5) is 35.6. The van der Waals surface area contributed by atoms with Crippen LogP contribution in [0.3, 0.4) is 0 Å². The second kappa shape index (κ2) is 7.88. The standard InChI is InChI=1S/C18H14N4O5/c19-8-7-16(23)20-13-4-1-11(2-5-13)17(24)21-22-18(25)12-3-6-14-15(9-12)27-10-26-14/h1-6,9H,7,10H2,(H,20,23)(H,21,24)(H,22,25). The molecule has 27 heavy (non-hydrogen) atoms. The molecule has 9 heteroatoms.